The van der Waals surface area contributed by atoms with Gasteiger partial charge in [0, 0.05) is 17.7 Å². The Morgan fingerprint density at radius 1 is 1.28 bits per heavy atom. The van der Waals surface area contributed by atoms with Crippen LogP contribution in [0.15, 0.2) is 28.9 Å². The second-order valence-electron chi connectivity index (χ2n) is 7.31. The first-order chi connectivity index (χ1) is 12.0. The summed E-state index contributed by atoms with van der Waals surface area (Å²) < 4.78 is 5.46. The van der Waals surface area contributed by atoms with Gasteiger partial charge in [0.2, 0.25) is 11.8 Å². The molecule has 0 aliphatic heterocycles. The molecule has 2 aromatic rings. The Balaban J connectivity index is 1.74. The van der Waals surface area contributed by atoms with Crippen LogP contribution in [0.3, 0.4) is 0 Å². The summed E-state index contributed by atoms with van der Waals surface area (Å²) in [5.74, 6) is 0.606. The zero-order chi connectivity index (χ0) is 17.9. The molecule has 1 amide bonds. The van der Waals surface area contributed by atoms with Crippen LogP contribution >= 0.6 is 0 Å². The lowest BCUT2D eigenvalue weighted by molar-refractivity contribution is -0.118. The van der Waals surface area contributed by atoms with Crippen LogP contribution in [0.25, 0.3) is 11.5 Å². The Morgan fingerprint density at radius 3 is 2.68 bits per heavy atom. The van der Waals surface area contributed by atoms with Crippen molar-refractivity contribution in [2.45, 2.75) is 52.4 Å². The van der Waals surface area contributed by atoms with Crippen molar-refractivity contribution in [2.24, 2.45) is 11.1 Å². The number of rotatable bonds is 5. The van der Waals surface area contributed by atoms with E-state index in [9.17, 15) is 4.79 Å². The van der Waals surface area contributed by atoms with Gasteiger partial charge in [0.25, 0.3) is 0 Å². The van der Waals surface area contributed by atoms with E-state index < -0.39 is 0 Å². The van der Waals surface area contributed by atoms with Crippen molar-refractivity contribution < 1.29 is 9.21 Å². The van der Waals surface area contributed by atoms with Crippen molar-refractivity contribution in [3.05, 3.63) is 35.7 Å². The summed E-state index contributed by atoms with van der Waals surface area (Å²) >= 11 is 0. The van der Waals surface area contributed by atoms with Gasteiger partial charge in [-0.25, -0.2) is 4.98 Å². The molecule has 0 radical (unpaired) electrons. The molecular weight excluding hydrogens is 314 g/mol. The van der Waals surface area contributed by atoms with Gasteiger partial charge in [0.15, 0.2) is 0 Å². The molecule has 3 N–H and O–H groups in total. The van der Waals surface area contributed by atoms with Gasteiger partial charge in [-0.2, -0.15) is 0 Å². The maximum atomic E-state index is 12.6. The monoisotopic (exact) mass is 341 g/mol. The van der Waals surface area contributed by atoms with Gasteiger partial charge in [-0.1, -0.05) is 25.3 Å². The summed E-state index contributed by atoms with van der Waals surface area (Å²) in [4.78, 5) is 17.0. The van der Waals surface area contributed by atoms with E-state index in [1.54, 1.807) is 6.26 Å². The van der Waals surface area contributed by atoms with Crippen LogP contribution in [0.2, 0.25) is 0 Å². The molecule has 1 fully saturated rings. The lowest BCUT2D eigenvalue weighted by Gasteiger charge is -2.35. The third-order valence-electron chi connectivity index (χ3n) is 5.26. The number of oxazole rings is 1. The minimum absolute atomic E-state index is 0.0342. The Hall–Kier alpha value is -2.14. The van der Waals surface area contributed by atoms with Gasteiger partial charge in [-0.05, 0) is 56.3 Å². The number of benzene rings is 1. The zero-order valence-electron chi connectivity index (χ0n) is 15.1. The second kappa shape index (κ2) is 7.40. The van der Waals surface area contributed by atoms with Gasteiger partial charge >= 0.3 is 0 Å². The first-order valence-corrected chi connectivity index (χ1v) is 9.04. The molecule has 0 spiro atoms. The number of aryl methyl sites for hydroxylation is 2. The summed E-state index contributed by atoms with van der Waals surface area (Å²) in [7, 11) is 0. The third kappa shape index (κ3) is 4.10. The zero-order valence-corrected chi connectivity index (χ0v) is 15.1. The molecular formula is C20H27N3O2. The molecule has 1 saturated carbocycles. The fourth-order valence-electron chi connectivity index (χ4n) is 3.67. The Morgan fingerprint density at radius 2 is 2.04 bits per heavy atom. The molecule has 0 atom stereocenters. The standard InChI is InChI=1S/C20H27N3O2/c1-14-6-7-16(19-22-15(2)12-25-19)10-17(14)23-18(24)11-20(13-21)8-4-3-5-9-20/h6-7,10,12H,3-5,8-9,11,13,21H2,1-2H3,(H,23,24). The summed E-state index contributed by atoms with van der Waals surface area (Å²) in [6.45, 7) is 4.45. The lowest BCUT2D eigenvalue weighted by atomic mass is 9.71. The number of carbonyl (C=O) groups excluding carboxylic acids is 1. The van der Waals surface area contributed by atoms with E-state index in [1.165, 1.54) is 19.3 Å². The van der Waals surface area contributed by atoms with Crippen molar-refractivity contribution in [1.29, 1.82) is 0 Å². The largest absolute Gasteiger partial charge is 0.444 e. The summed E-state index contributed by atoms with van der Waals surface area (Å²) in [6.07, 6.45) is 7.80. The highest BCUT2D eigenvalue weighted by Crippen LogP contribution is 2.38. The number of anilines is 1. The van der Waals surface area contributed by atoms with E-state index in [-0.39, 0.29) is 11.3 Å². The van der Waals surface area contributed by atoms with Gasteiger partial charge in [0.1, 0.15) is 6.26 Å². The maximum Gasteiger partial charge on any atom is 0.226 e. The van der Waals surface area contributed by atoms with E-state index in [0.29, 0.717) is 18.9 Å². The number of nitrogens with two attached hydrogens (primary N) is 1. The summed E-state index contributed by atoms with van der Waals surface area (Å²) in [5, 5.41) is 3.07. The second-order valence-corrected chi connectivity index (χ2v) is 7.31. The topological polar surface area (TPSA) is 81.2 Å². The Kier molecular flexibility index (Phi) is 5.23. The van der Waals surface area contributed by atoms with E-state index in [0.717, 1.165) is 35.3 Å². The molecule has 5 heteroatoms. The van der Waals surface area contributed by atoms with E-state index >= 15 is 0 Å². The van der Waals surface area contributed by atoms with Gasteiger partial charge in [-0.15, -0.1) is 0 Å². The van der Waals surface area contributed by atoms with Crippen LogP contribution < -0.4 is 11.1 Å². The van der Waals surface area contributed by atoms with Crippen LogP contribution in [0.4, 0.5) is 5.69 Å². The maximum absolute atomic E-state index is 12.6. The van der Waals surface area contributed by atoms with E-state index in [1.807, 2.05) is 32.0 Å². The van der Waals surface area contributed by atoms with Crippen LogP contribution in [0.5, 0.6) is 0 Å². The first-order valence-electron chi connectivity index (χ1n) is 9.04. The highest BCUT2D eigenvalue weighted by atomic mass is 16.3. The van der Waals surface area contributed by atoms with Crippen LogP contribution in [0, 0.1) is 19.3 Å². The smallest absolute Gasteiger partial charge is 0.226 e. The summed E-state index contributed by atoms with van der Waals surface area (Å²) in [5.41, 5.74) is 9.50. The predicted molar refractivity (Wildman–Crippen MR) is 99.2 cm³/mol. The van der Waals surface area contributed by atoms with E-state index in [4.69, 9.17) is 10.2 Å². The fourth-order valence-corrected chi connectivity index (χ4v) is 3.67. The molecule has 1 aromatic carbocycles. The molecule has 1 aromatic heterocycles. The van der Waals surface area contributed by atoms with Crippen molar-refractivity contribution in [2.75, 3.05) is 11.9 Å². The molecule has 5 nitrogen and oxygen atoms in total. The van der Waals surface area contributed by atoms with Crippen molar-refractivity contribution in [1.82, 2.24) is 4.98 Å². The minimum atomic E-state index is -0.0342. The third-order valence-corrected chi connectivity index (χ3v) is 5.26. The highest BCUT2D eigenvalue weighted by Gasteiger charge is 2.33. The Bertz CT molecular complexity index is 745. The molecule has 25 heavy (non-hydrogen) atoms. The van der Waals surface area contributed by atoms with Crippen molar-refractivity contribution in [3.8, 4) is 11.5 Å². The predicted octanol–water partition coefficient (Wildman–Crippen LogP) is 4.20. The molecule has 1 heterocycles. The molecule has 3 rings (SSSR count). The minimum Gasteiger partial charge on any atom is -0.444 e. The highest BCUT2D eigenvalue weighted by molar-refractivity contribution is 5.92. The number of nitrogens with zero attached hydrogens (tertiary/aromatic N) is 1. The number of hydrogen-bond acceptors (Lipinski definition) is 4. The number of nitrogens with one attached hydrogen (secondary N) is 1. The molecule has 0 saturated heterocycles. The quantitative estimate of drug-likeness (QED) is 0.854. The Labute approximate surface area is 149 Å². The van der Waals surface area contributed by atoms with Gasteiger partial charge in [0.05, 0.1) is 5.69 Å². The van der Waals surface area contributed by atoms with Crippen LogP contribution in [-0.4, -0.2) is 17.4 Å². The molecule has 134 valence electrons. The van der Waals surface area contributed by atoms with Crippen molar-refractivity contribution >= 4 is 11.6 Å². The summed E-state index contributed by atoms with van der Waals surface area (Å²) in [6, 6.07) is 5.86. The number of aromatic nitrogens is 1. The number of carbonyl (C=O) groups is 1. The van der Waals surface area contributed by atoms with Crippen LogP contribution in [0.1, 0.15) is 49.8 Å². The molecule has 0 bridgehead atoms. The normalized spacial score (nSPS) is 16.6. The van der Waals surface area contributed by atoms with Crippen molar-refractivity contribution in [3.63, 3.8) is 0 Å². The van der Waals surface area contributed by atoms with E-state index in [2.05, 4.69) is 10.3 Å². The molecule has 1 aliphatic rings. The fraction of sp³-hybridized carbons (Fsp3) is 0.500. The van der Waals surface area contributed by atoms with Gasteiger partial charge < -0.3 is 15.5 Å². The number of hydrogen-bond donors (Lipinski definition) is 2. The average molecular weight is 341 g/mol. The number of amides is 1. The SMILES string of the molecule is Cc1coc(-c2ccc(C)c(NC(=O)CC3(CN)CCCCC3)c2)n1. The van der Waals surface area contributed by atoms with Gasteiger partial charge in [-0.3, -0.25) is 4.79 Å². The molecule has 0 unspecified atom stereocenters. The average Bonchev–Trinajstić information content (AvgIpc) is 3.04. The lowest BCUT2D eigenvalue weighted by Crippen LogP contribution is -2.36. The first kappa shape index (κ1) is 17.7. The van der Waals surface area contributed by atoms with Crippen LogP contribution in [-0.2, 0) is 4.79 Å². The molecule has 1 aliphatic carbocycles.